The molecular weight excluding hydrogens is 354 g/mol. The number of hydrogen-bond donors (Lipinski definition) is 0. The SMILES string of the molecule is Cc1c(Br)cccc1C(Br)C(C)c1ccncc1. The zero-order valence-electron chi connectivity index (χ0n) is 10.4. The molecule has 1 aromatic carbocycles. The molecule has 18 heavy (non-hydrogen) atoms. The number of nitrogens with zero attached hydrogens (tertiary/aromatic N) is 1. The van der Waals surface area contributed by atoms with Crippen molar-refractivity contribution < 1.29 is 0 Å². The molecule has 1 heterocycles. The summed E-state index contributed by atoms with van der Waals surface area (Å²) in [4.78, 5) is 4.37. The second-order valence-electron chi connectivity index (χ2n) is 4.43. The van der Waals surface area contributed by atoms with Crippen molar-refractivity contribution in [2.75, 3.05) is 0 Å². The summed E-state index contributed by atoms with van der Waals surface area (Å²) in [7, 11) is 0. The first-order chi connectivity index (χ1) is 8.61. The highest BCUT2D eigenvalue weighted by Crippen LogP contribution is 2.40. The van der Waals surface area contributed by atoms with Gasteiger partial charge >= 0.3 is 0 Å². The molecule has 1 nitrogen and oxygen atoms in total. The van der Waals surface area contributed by atoms with E-state index in [1.807, 2.05) is 12.4 Å². The van der Waals surface area contributed by atoms with Gasteiger partial charge in [0.25, 0.3) is 0 Å². The summed E-state index contributed by atoms with van der Waals surface area (Å²) in [6, 6.07) is 10.5. The standard InChI is InChI=1S/C15H15Br2N/c1-10(12-6-8-18-9-7-12)15(17)13-4-3-5-14(16)11(13)2/h3-10,15H,1-2H3. The average Bonchev–Trinajstić information content (AvgIpc) is 2.41. The van der Waals surface area contributed by atoms with Crippen LogP contribution in [0.3, 0.4) is 0 Å². The summed E-state index contributed by atoms with van der Waals surface area (Å²) in [6.45, 7) is 4.38. The van der Waals surface area contributed by atoms with Gasteiger partial charge in [-0.25, -0.2) is 0 Å². The fourth-order valence-corrected chi connectivity index (χ4v) is 3.21. The highest BCUT2D eigenvalue weighted by Gasteiger charge is 2.20. The third-order valence-electron chi connectivity index (χ3n) is 3.28. The predicted molar refractivity (Wildman–Crippen MR) is 83.2 cm³/mol. The summed E-state index contributed by atoms with van der Waals surface area (Å²) in [5.74, 6) is 0.404. The third-order valence-corrected chi connectivity index (χ3v) is 5.42. The van der Waals surface area contributed by atoms with Crippen molar-refractivity contribution >= 4 is 31.9 Å². The van der Waals surface area contributed by atoms with E-state index < -0.39 is 0 Å². The van der Waals surface area contributed by atoms with Gasteiger partial charge in [0.2, 0.25) is 0 Å². The van der Waals surface area contributed by atoms with Crippen LogP contribution in [0, 0.1) is 6.92 Å². The van der Waals surface area contributed by atoms with Crippen molar-refractivity contribution in [2.24, 2.45) is 0 Å². The molecule has 2 unspecified atom stereocenters. The molecule has 3 heteroatoms. The topological polar surface area (TPSA) is 12.9 Å². The fraction of sp³-hybridized carbons (Fsp3) is 0.267. The number of hydrogen-bond acceptors (Lipinski definition) is 1. The van der Waals surface area contributed by atoms with Gasteiger partial charge in [-0.1, -0.05) is 50.9 Å². The molecule has 2 atom stereocenters. The van der Waals surface area contributed by atoms with Crippen molar-refractivity contribution in [2.45, 2.75) is 24.6 Å². The quantitative estimate of drug-likeness (QED) is 0.661. The van der Waals surface area contributed by atoms with Crippen LogP contribution < -0.4 is 0 Å². The number of aromatic nitrogens is 1. The van der Waals surface area contributed by atoms with Crippen molar-refractivity contribution in [1.82, 2.24) is 4.98 Å². The zero-order valence-corrected chi connectivity index (χ0v) is 13.6. The zero-order chi connectivity index (χ0) is 13.1. The molecular formula is C15H15Br2N. The normalized spacial score (nSPS) is 14.2. The number of halogens is 2. The number of rotatable bonds is 3. The van der Waals surface area contributed by atoms with E-state index in [1.165, 1.54) is 16.7 Å². The van der Waals surface area contributed by atoms with Crippen LogP contribution in [0.25, 0.3) is 0 Å². The minimum absolute atomic E-state index is 0.303. The predicted octanol–water partition coefficient (Wildman–Crippen LogP) is 5.39. The van der Waals surface area contributed by atoms with E-state index in [2.05, 4.69) is 81.0 Å². The van der Waals surface area contributed by atoms with Crippen LogP contribution in [0.2, 0.25) is 0 Å². The lowest BCUT2D eigenvalue weighted by molar-refractivity contribution is 0.746. The lowest BCUT2D eigenvalue weighted by Crippen LogP contribution is -2.04. The van der Waals surface area contributed by atoms with Crippen molar-refractivity contribution in [3.05, 3.63) is 63.9 Å². The molecule has 0 radical (unpaired) electrons. The average molecular weight is 369 g/mol. The molecule has 0 aliphatic heterocycles. The summed E-state index contributed by atoms with van der Waals surface area (Å²) in [5, 5.41) is 0. The van der Waals surface area contributed by atoms with Gasteiger partial charge in [-0.3, -0.25) is 4.98 Å². The van der Waals surface area contributed by atoms with Gasteiger partial charge in [-0.15, -0.1) is 0 Å². The summed E-state index contributed by atoms with van der Waals surface area (Å²) < 4.78 is 1.16. The molecule has 2 aromatic rings. The molecule has 0 spiro atoms. The molecule has 0 aliphatic rings. The Balaban J connectivity index is 2.31. The van der Waals surface area contributed by atoms with Gasteiger partial charge in [0.15, 0.2) is 0 Å². The first-order valence-corrected chi connectivity index (χ1v) is 7.61. The number of pyridine rings is 1. The Bertz CT molecular complexity index is 525. The van der Waals surface area contributed by atoms with Gasteiger partial charge in [0.1, 0.15) is 0 Å². The minimum atomic E-state index is 0.303. The van der Waals surface area contributed by atoms with Gasteiger partial charge in [0.05, 0.1) is 0 Å². The van der Waals surface area contributed by atoms with E-state index >= 15 is 0 Å². The molecule has 0 fully saturated rings. The van der Waals surface area contributed by atoms with E-state index in [4.69, 9.17) is 0 Å². The summed E-state index contributed by atoms with van der Waals surface area (Å²) in [5.41, 5.74) is 3.92. The van der Waals surface area contributed by atoms with Crippen molar-refractivity contribution in [1.29, 1.82) is 0 Å². The molecule has 94 valence electrons. The van der Waals surface area contributed by atoms with E-state index in [0.717, 1.165) is 4.47 Å². The van der Waals surface area contributed by atoms with E-state index in [-0.39, 0.29) is 0 Å². The molecule has 0 aliphatic carbocycles. The monoisotopic (exact) mass is 367 g/mol. The Kier molecular flexibility index (Phi) is 4.57. The van der Waals surface area contributed by atoms with Crippen LogP contribution in [0.5, 0.6) is 0 Å². The van der Waals surface area contributed by atoms with E-state index in [1.54, 1.807) is 0 Å². The maximum atomic E-state index is 4.07. The fourth-order valence-electron chi connectivity index (χ4n) is 2.03. The Morgan fingerprint density at radius 2 is 1.78 bits per heavy atom. The Hall–Kier alpha value is -0.670. The summed E-state index contributed by atoms with van der Waals surface area (Å²) in [6.07, 6.45) is 3.69. The van der Waals surface area contributed by atoms with Crippen LogP contribution in [0.4, 0.5) is 0 Å². The van der Waals surface area contributed by atoms with Gasteiger partial charge in [-0.05, 0) is 47.7 Å². The number of benzene rings is 1. The summed E-state index contributed by atoms with van der Waals surface area (Å²) >= 11 is 7.42. The van der Waals surface area contributed by atoms with Crippen LogP contribution >= 0.6 is 31.9 Å². The number of alkyl halides is 1. The third kappa shape index (κ3) is 2.83. The van der Waals surface area contributed by atoms with Crippen LogP contribution in [0.15, 0.2) is 47.2 Å². The van der Waals surface area contributed by atoms with Gasteiger partial charge in [0, 0.05) is 21.7 Å². The second-order valence-corrected chi connectivity index (χ2v) is 6.27. The van der Waals surface area contributed by atoms with Crippen LogP contribution in [0.1, 0.15) is 34.4 Å². The van der Waals surface area contributed by atoms with Crippen molar-refractivity contribution in [3.63, 3.8) is 0 Å². The largest absolute Gasteiger partial charge is 0.265 e. The maximum absolute atomic E-state index is 4.07. The molecule has 0 N–H and O–H groups in total. The molecule has 0 amide bonds. The Morgan fingerprint density at radius 3 is 2.44 bits per heavy atom. The Labute approximate surface area is 125 Å². The van der Waals surface area contributed by atoms with E-state index in [0.29, 0.717) is 10.7 Å². The molecule has 0 saturated carbocycles. The first kappa shape index (κ1) is 13.8. The van der Waals surface area contributed by atoms with Crippen molar-refractivity contribution in [3.8, 4) is 0 Å². The lowest BCUT2D eigenvalue weighted by atomic mass is 9.92. The van der Waals surface area contributed by atoms with Crippen LogP contribution in [-0.2, 0) is 0 Å². The van der Waals surface area contributed by atoms with Crippen LogP contribution in [-0.4, -0.2) is 4.98 Å². The highest BCUT2D eigenvalue weighted by atomic mass is 79.9. The second kappa shape index (κ2) is 5.98. The molecule has 0 bridgehead atoms. The molecule has 1 aromatic heterocycles. The van der Waals surface area contributed by atoms with E-state index in [9.17, 15) is 0 Å². The minimum Gasteiger partial charge on any atom is -0.265 e. The smallest absolute Gasteiger partial charge is 0.0464 e. The molecule has 0 saturated heterocycles. The lowest BCUT2D eigenvalue weighted by Gasteiger charge is -2.21. The van der Waals surface area contributed by atoms with Gasteiger partial charge < -0.3 is 0 Å². The highest BCUT2D eigenvalue weighted by molar-refractivity contribution is 9.10. The maximum Gasteiger partial charge on any atom is 0.0464 e. The Morgan fingerprint density at radius 1 is 1.11 bits per heavy atom. The van der Waals surface area contributed by atoms with Gasteiger partial charge in [-0.2, -0.15) is 0 Å². The molecule has 2 rings (SSSR count). The first-order valence-electron chi connectivity index (χ1n) is 5.90.